The average molecular weight is 330 g/mol. The zero-order chi connectivity index (χ0) is 15.8. The lowest BCUT2D eigenvalue weighted by atomic mass is 10.2. The van der Waals surface area contributed by atoms with Gasteiger partial charge in [-0.3, -0.25) is 19.8 Å². The number of aliphatic carboxylic acids is 1. The van der Waals surface area contributed by atoms with E-state index in [2.05, 4.69) is 10.6 Å². The molecule has 1 unspecified atom stereocenters. The molecule has 0 radical (unpaired) electrons. The Morgan fingerprint density at radius 1 is 1.23 bits per heavy atom. The number of hydrogen-bond acceptors (Lipinski definition) is 4. The Hall–Kier alpha value is -2.12. The quantitative estimate of drug-likeness (QED) is 0.718. The van der Waals surface area contributed by atoms with Crippen molar-refractivity contribution in [2.45, 2.75) is 19.5 Å². The summed E-state index contributed by atoms with van der Waals surface area (Å²) in [6.07, 6.45) is 0. The zero-order valence-corrected chi connectivity index (χ0v) is 13.2. The minimum atomic E-state index is -1.03. The molecule has 0 saturated heterocycles. The molecule has 8 heteroatoms. The van der Waals surface area contributed by atoms with E-state index in [1.54, 1.807) is 0 Å². The molecule has 0 aliphatic heterocycles. The number of carbonyl (C=O) groups excluding carboxylic acids is 2. The number of carboxylic acids is 1. The SMILES string of the molecule is CC(C(=O)O)N(C)CC(=O)NC(=O)NCc1ccccc1.Cl. The van der Waals surface area contributed by atoms with E-state index in [9.17, 15) is 14.4 Å². The Morgan fingerprint density at radius 2 is 1.82 bits per heavy atom. The van der Waals surface area contributed by atoms with Gasteiger partial charge in [-0.15, -0.1) is 12.4 Å². The lowest BCUT2D eigenvalue weighted by Crippen LogP contribution is -2.46. The molecule has 22 heavy (non-hydrogen) atoms. The van der Waals surface area contributed by atoms with Gasteiger partial charge in [-0.2, -0.15) is 0 Å². The van der Waals surface area contributed by atoms with Gasteiger partial charge in [0, 0.05) is 6.54 Å². The number of nitrogens with zero attached hydrogens (tertiary/aromatic N) is 1. The molecule has 3 amide bonds. The summed E-state index contributed by atoms with van der Waals surface area (Å²) in [5.41, 5.74) is 0.914. The normalized spacial score (nSPS) is 11.2. The first-order valence-corrected chi connectivity index (χ1v) is 6.44. The topological polar surface area (TPSA) is 98.7 Å². The van der Waals surface area contributed by atoms with Crippen LogP contribution in [-0.4, -0.2) is 47.5 Å². The third-order valence-electron chi connectivity index (χ3n) is 2.96. The van der Waals surface area contributed by atoms with Gasteiger partial charge >= 0.3 is 12.0 Å². The number of likely N-dealkylation sites (N-methyl/N-ethyl adjacent to an activating group) is 1. The van der Waals surface area contributed by atoms with Gasteiger partial charge in [-0.25, -0.2) is 4.79 Å². The van der Waals surface area contributed by atoms with Crippen LogP contribution in [0.5, 0.6) is 0 Å². The minimum Gasteiger partial charge on any atom is -0.480 e. The summed E-state index contributed by atoms with van der Waals surface area (Å²) in [7, 11) is 1.50. The van der Waals surface area contributed by atoms with Crippen molar-refractivity contribution < 1.29 is 19.5 Å². The van der Waals surface area contributed by atoms with Gasteiger partial charge in [0.15, 0.2) is 0 Å². The Labute approximate surface area is 135 Å². The van der Waals surface area contributed by atoms with Crippen LogP contribution >= 0.6 is 12.4 Å². The number of benzene rings is 1. The van der Waals surface area contributed by atoms with Crippen LogP contribution in [0.15, 0.2) is 30.3 Å². The Balaban J connectivity index is 0.00000441. The van der Waals surface area contributed by atoms with Crippen LogP contribution in [0.3, 0.4) is 0 Å². The summed E-state index contributed by atoms with van der Waals surface area (Å²) >= 11 is 0. The zero-order valence-electron chi connectivity index (χ0n) is 12.4. The molecule has 0 heterocycles. The Morgan fingerprint density at radius 3 is 2.36 bits per heavy atom. The summed E-state index contributed by atoms with van der Waals surface area (Å²) in [6, 6.07) is 7.86. The molecule has 1 aromatic rings. The summed E-state index contributed by atoms with van der Waals surface area (Å²) in [4.78, 5) is 35.2. The summed E-state index contributed by atoms with van der Waals surface area (Å²) in [6.45, 7) is 1.60. The fourth-order valence-electron chi connectivity index (χ4n) is 1.54. The second-order valence-corrected chi connectivity index (χ2v) is 4.65. The molecule has 7 nitrogen and oxygen atoms in total. The molecule has 0 aromatic heterocycles. The first-order valence-electron chi connectivity index (χ1n) is 6.44. The van der Waals surface area contributed by atoms with Crippen molar-refractivity contribution in [3.63, 3.8) is 0 Å². The highest BCUT2D eigenvalue weighted by Crippen LogP contribution is 1.97. The number of imide groups is 1. The van der Waals surface area contributed by atoms with E-state index in [0.29, 0.717) is 6.54 Å². The summed E-state index contributed by atoms with van der Waals surface area (Å²) < 4.78 is 0. The maximum atomic E-state index is 11.6. The van der Waals surface area contributed by atoms with Gasteiger partial charge in [0.05, 0.1) is 6.54 Å². The molecular weight excluding hydrogens is 310 g/mol. The van der Waals surface area contributed by atoms with Crippen LogP contribution in [-0.2, 0) is 16.1 Å². The third kappa shape index (κ3) is 7.05. The number of carboxylic acid groups (broad SMARTS) is 1. The van der Waals surface area contributed by atoms with Gasteiger partial charge < -0.3 is 10.4 Å². The molecular formula is C14H20ClN3O4. The average Bonchev–Trinajstić information content (AvgIpc) is 2.45. The standard InChI is InChI=1S/C14H19N3O4.ClH/c1-10(13(19)20)17(2)9-12(18)16-14(21)15-8-11-6-4-3-5-7-11;/h3-7,10H,8-9H2,1-2H3,(H,19,20)(H2,15,16,18,21);1H. The molecule has 0 aliphatic carbocycles. The van der Waals surface area contributed by atoms with Gasteiger partial charge in [0.2, 0.25) is 5.91 Å². The first-order chi connectivity index (χ1) is 9.90. The van der Waals surface area contributed by atoms with E-state index < -0.39 is 23.9 Å². The molecule has 1 rings (SSSR count). The van der Waals surface area contributed by atoms with E-state index >= 15 is 0 Å². The fourth-order valence-corrected chi connectivity index (χ4v) is 1.54. The van der Waals surface area contributed by atoms with Crippen LogP contribution in [0.2, 0.25) is 0 Å². The van der Waals surface area contributed by atoms with Gasteiger partial charge in [-0.05, 0) is 19.5 Å². The maximum Gasteiger partial charge on any atom is 0.321 e. The molecule has 0 fully saturated rings. The first kappa shape index (κ1) is 19.9. The molecule has 0 bridgehead atoms. The van der Waals surface area contributed by atoms with Crippen molar-refractivity contribution in [3.8, 4) is 0 Å². The van der Waals surface area contributed by atoms with Crippen LogP contribution in [0.25, 0.3) is 0 Å². The van der Waals surface area contributed by atoms with E-state index in [0.717, 1.165) is 5.56 Å². The van der Waals surface area contributed by atoms with Gasteiger partial charge in [0.25, 0.3) is 0 Å². The molecule has 1 atom stereocenters. The van der Waals surface area contributed by atoms with Crippen molar-refractivity contribution in [1.29, 1.82) is 0 Å². The van der Waals surface area contributed by atoms with E-state index in [4.69, 9.17) is 5.11 Å². The minimum absolute atomic E-state index is 0. The molecule has 0 aliphatic rings. The van der Waals surface area contributed by atoms with Crippen molar-refractivity contribution in [1.82, 2.24) is 15.5 Å². The van der Waals surface area contributed by atoms with E-state index in [-0.39, 0.29) is 19.0 Å². The van der Waals surface area contributed by atoms with Crippen LogP contribution in [0.1, 0.15) is 12.5 Å². The van der Waals surface area contributed by atoms with Crippen LogP contribution < -0.4 is 10.6 Å². The predicted octanol–water partition coefficient (Wildman–Crippen LogP) is 0.839. The van der Waals surface area contributed by atoms with Crippen LogP contribution in [0, 0.1) is 0 Å². The largest absolute Gasteiger partial charge is 0.480 e. The van der Waals surface area contributed by atoms with Gasteiger partial charge in [-0.1, -0.05) is 30.3 Å². The molecule has 122 valence electrons. The van der Waals surface area contributed by atoms with Crippen molar-refractivity contribution >= 4 is 30.3 Å². The summed E-state index contributed by atoms with van der Waals surface area (Å²) in [5.74, 6) is -1.59. The monoisotopic (exact) mass is 329 g/mol. The second-order valence-electron chi connectivity index (χ2n) is 4.65. The maximum absolute atomic E-state index is 11.6. The summed E-state index contributed by atoms with van der Waals surface area (Å²) in [5, 5.41) is 13.5. The van der Waals surface area contributed by atoms with E-state index in [1.807, 2.05) is 30.3 Å². The number of halogens is 1. The Bertz CT molecular complexity index is 510. The van der Waals surface area contributed by atoms with Crippen molar-refractivity contribution in [2.75, 3.05) is 13.6 Å². The highest BCUT2D eigenvalue weighted by atomic mass is 35.5. The highest BCUT2D eigenvalue weighted by molar-refractivity contribution is 5.95. The molecule has 0 saturated carbocycles. The van der Waals surface area contributed by atoms with E-state index in [1.165, 1.54) is 18.9 Å². The number of rotatable bonds is 6. The highest BCUT2D eigenvalue weighted by Gasteiger charge is 2.19. The molecule has 1 aromatic carbocycles. The van der Waals surface area contributed by atoms with Gasteiger partial charge in [0.1, 0.15) is 6.04 Å². The molecule has 3 N–H and O–H groups in total. The number of amides is 3. The lowest BCUT2D eigenvalue weighted by Gasteiger charge is -2.20. The van der Waals surface area contributed by atoms with Crippen molar-refractivity contribution in [3.05, 3.63) is 35.9 Å². The number of urea groups is 1. The van der Waals surface area contributed by atoms with Crippen LogP contribution in [0.4, 0.5) is 4.79 Å². The lowest BCUT2D eigenvalue weighted by molar-refractivity contribution is -0.142. The number of nitrogens with one attached hydrogen (secondary N) is 2. The molecule has 0 spiro atoms. The number of hydrogen-bond donors (Lipinski definition) is 3. The third-order valence-corrected chi connectivity index (χ3v) is 2.96. The smallest absolute Gasteiger partial charge is 0.321 e. The number of carbonyl (C=O) groups is 3. The van der Waals surface area contributed by atoms with Crippen molar-refractivity contribution in [2.24, 2.45) is 0 Å². The predicted molar refractivity (Wildman–Crippen MR) is 83.8 cm³/mol. The fraction of sp³-hybridized carbons (Fsp3) is 0.357. The second kappa shape index (κ2) is 9.75. The Kier molecular flexibility index (Phi) is 8.81.